The molecular weight excluding hydrogens is 195 g/mol. The Bertz CT molecular complexity index is 251. The van der Waals surface area contributed by atoms with Gasteiger partial charge in [0.05, 0.1) is 10.7 Å². The van der Waals surface area contributed by atoms with Crippen molar-refractivity contribution in [3.8, 4) is 0 Å². The number of alkyl halides is 1. The van der Waals surface area contributed by atoms with Crippen LogP contribution in [0, 0.1) is 0 Å². The summed E-state index contributed by atoms with van der Waals surface area (Å²) in [4.78, 5) is 3.87. The predicted octanol–water partition coefficient (Wildman–Crippen LogP) is 2.77. The monoisotopic (exact) mass is 204 g/mol. The van der Waals surface area contributed by atoms with E-state index in [-0.39, 0.29) is 5.38 Å². The second-order valence-corrected chi connectivity index (χ2v) is 3.67. The van der Waals surface area contributed by atoms with Gasteiger partial charge in [-0.05, 0) is 13.0 Å². The number of anilines is 1. The van der Waals surface area contributed by atoms with Crippen LogP contribution in [0.1, 0.15) is 6.92 Å². The molecule has 0 spiro atoms. The molecule has 1 heterocycles. The Labute approximate surface area is 81.9 Å². The van der Waals surface area contributed by atoms with E-state index in [0.29, 0.717) is 11.6 Å². The van der Waals surface area contributed by atoms with Crippen LogP contribution >= 0.6 is 23.2 Å². The summed E-state index contributed by atoms with van der Waals surface area (Å²) in [7, 11) is 0. The molecule has 1 rings (SSSR count). The van der Waals surface area contributed by atoms with E-state index in [1.165, 1.54) is 0 Å². The molecule has 0 amide bonds. The summed E-state index contributed by atoms with van der Waals surface area (Å²) in [5.74, 6) is 0. The molecule has 12 heavy (non-hydrogen) atoms. The third-order valence-corrected chi connectivity index (χ3v) is 1.80. The second-order valence-electron chi connectivity index (χ2n) is 2.52. The van der Waals surface area contributed by atoms with Crippen molar-refractivity contribution in [1.82, 2.24) is 4.98 Å². The maximum atomic E-state index is 5.84. The van der Waals surface area contributed by atoms with E-state index in [9.17, 15) is 0 Å². The van der Waals surface area contributed by atoms with Gasteiger partial charge in [0.1, 0.15) is 0 Å². The van der Waals surface area contributed by atoms with Gasteiger partial charge >= 0.3 is 0 Å². The Morgan fingerprint density at radius 3 is 3.00 bits per heavy atom. The molecule has 0 aromatic carbocycles. The topological polar surface area (TPSA) is 24.9 Å². The first-order chi connectivity index (χ1) is 5.70. The van der Waals surface area contributed by atoms with Crippen LogP contribution in [0.4, 0.5) is 5.69 Å². The first-order valence-electron chi connectivity index (χ1n) is 3.67. The number of hydrogen-bond acceptors (Lipinski definition) is 2. The van der Waals surface area contributed by atoms with E-state index >= 15 is 0 Å². The molecule has 1 N–H and O–H groups in total. The van der Waals surface area contributed by atoms with Crippen molar-refractivity contribution >= 4 is 28.9 Å². The summed E-state index contributed by atoms with van der Waals surface area (Å²) in [5, 5.41) is 3.82. The van der Waals surface area contributed by atoms with E-state index < -0.39 is 0 Å². The van der Waals surface area contributed by atoms with Crippen LogP contribution in [0.25, 0.3) is 0 Å². The number of nitrogens with one attached hydrogen (secondary N) is 1. The Balaban J connectivity index is 2.57. The van der Waals surface area contributed by atoms with Gasteiger partial charge in [0, 0.05) is 24.3 Å². The maximum absolute atomic E-state index is 5.84. The van der Waals surface area contributed by atoms with Gasteiger partial charge in [0.25, 0.3) is 0 Å². The summed E-state index contributed by atoms with van der Waals surface area (Å²) >= 11 is 11.6. The van der Waals surface area contributed by atoms with E-state index in [2.05, 4.69) is 10.3 Å². The molecule has 0 saturated carbocycles. The number of halogens is 2. The third kappa shape index (κ3) is 2.88. The van der Waals surface area contributed by atoms with Gasteiger partial charge in [0.2, 0.25) is 0 Å². The number of rotatable bonds is 3. The Morgan fingerprint density at radius 1 is 1.67 bits per heavy atom. The lowest BCUT2D eigenvalue weighted by Crippen LogP contribution is -2.10. The Kier molecular flexibility index (Phi) is 3.63. The van der Waals surface area contributed by atoms with Gasteiger partial charge in [-0.1, -0.05) is 11.6 Å². The molecule has 4 heteroatoms. The molecular formula is C8H10Cl2N2. The van der Waals surface area contributed by atoms with Crippen molar-refractivity contribution in [3.05, 3.63) is 23.5 Å². The smallest absolute Gasteiger partial charge is 0.0820 e. The lowest BCUT2D eigenvalue weighted by atomic mass is 10.4. The zero-order valence-electron chi connectivity index (χ0n) is 6.72. The fraction of sp³-hybridized carbons (Fsp3) is 0.375. The molecule has 1 aromatic rings. The molecule has 0 bridgehead atoms. The van der Waals surface area contributed by atoms with Crippen LogP contribution in [-0.2, 0) is 0 Å². The van der Waals surface area contributed by atoms with Crippen molar-refractivity contribution in [1.29, 1.82) is 0 Å². The van der Waals surface area contributed by atoms with Gasteiger partial charge in [-0.15, -0.1) is 11.6 Å². The molecule has 0 aliphatic carbocycles. The number of aromatic nitrogens is 1. The predicted molar refractivity (Wildman–Crippen MR) is 53.1 cm³/mol. The minimum Gasteiger partial charge on any atom is -0.382 e. The van der Waals surface area contributed by atoms with E-state index in [4.69, 9.17) is 23.2 Å². The highest BCUT2D eigenvalue weighted by atomic mass is 35.5. The van der Waals surface area contributed by atoms with Crippen LogP contribution in [0.5, 0.6) is 0 Å². The lowest BCUT2D eigenvalue weighted by Gasteiger charge is -2.08. The van der Waals surface area contributed by atoms with Gasteiger partial charge in [0.15, 0.2) is 0 Å². The minimum absolute atomic E-state index is 0.0919. The third-order valence-electron chi connectivity index (χ3n) is 1.35. The maximum Gasteiger partial charge on any atom is 0.0820 e. The fourth-order valence-electron chi connectivity index (χ4n) is 0.769. The quantitative estimate of drug-likeness (QED) is 0.767. The SMILES string of the molecule is CC(Cl)CNc1ccncc1Cl. The first-order valence-corrected chi connectivity index (χ1v) is 4.49. The fourth-order valence-corrected chi connectivity index (χ4v) is 1.03. The second kappa shape index (κ2) is 4.53. The molecule has 1 atom stereocenters. The summed E-state index contributed by atoms with van der Waals surface area (Å²) < 4.78 is 0. The number of hydrogen-bond donors (Lipinski definition) is 1. The summed E-state index contributed by atoms with van der Waals surface area (Å²) in [5.41, 5.74) is 0.874. The van der Waals surface area contributed by atoms with Crippen LogP contribution in [0.2, 0.25) is 5.02 Å². The lowest BCUT2D eigenvalue weighted by molar-refractivity contribution is 0.987. The van der Waals surface area contributed by atoms with Gasteiger partial charge in [-0.3, -0.25) is 4.98 Å². The van der Waals surface area contributed by atoms with Crippen LogP contribution in [0.15, 0.2) is 18.5 Å². The van der Waals surface area contributed by atoms with E-state index in [1.807, 2.05) is 13.0 Å². The van der Waals surface area contributed by atoms with Gasteiger partial charge in [-0.25, -0.2) is 0 Å². The first kappa shape index (κ1) is 9.62. The number of pyridine rings is 1. The summed E-state index contributed by atoms with van der Waals surface area (Å²) in [6, 6.07) is 1.82. The molecule has 0 aliphatic rings. The normalized spacial score (nSPS) is 12.6. The molecule has 1 unspecified atom stereocenters. The van der Waals surface area contributed by atoms with Gasteiger partial charge in [-0.2, -0.15) is 0 Å². The summed E-state index contributed by atoms with van der Waals surface area (Å²) in [6.45, 7) is 2.62. The van der Waals surface area contributed by atoms with E-state index in [1.54, 1.807) is 12.4 Å². The molecule has 0 saturated heterocycles. The van der Waals surface area contributed by atoms with Crippen molar-refractivity contribution in [2.75, 3.05) is 11.9 Å². The van der Waals surface area contributed by atoms with Crippen LogP contribution in [0.3, 0.4) is 0 Å². The molecule has 66 valence electrons. The molecule has 1 aromatic heterocycles. The molecule has 0 aliphatic heterocycles. The van der Waals surface area contributed by atoms with E-state index in [0.717, 1.165) is 5.69 Å². The van der Waals surface area contributed by atoms with Crippen LogP contribution < -0.4 is 5.32 Å². The van der Waals surface area contributed by atoms with Crippen molar-refractivity contribution < 1.29 is 0 Å². The average molecular weight is 205 g/mol. The van der Waals surface area contributed by atoms with Crippen LogP contribution in [-0.4, -0.2) is 16.9 Å². The molecule has 0 radical (unpaired) electrons. The number of nitrogens with zero attached hydrogens (tertiary/aromatic N) is 1. The minimum atomic E-state index is 0.0919. The van der Waals surface area contributed by atoms with Crippen molar-refractivity contribution in [2.24, 2.45) is 0 Å². The zero-order valence-corrected chi connectivity index (χ0v) is 8.23. The Hall–Kier alpha value is -0.470. The highest BCUT2D eigenvalue weighted by Gasteiger charge is 1.99. The standard InChI is InChI=1S/C8H10Cl2N2/c1-6(9)4-12-8-2-3-11-5-7(8)10/h2-3,5-6H,4H2,1H3,(H,11,12). The summed E-state index contributed by atoms with van der Waals surface area (Å²) in [6.07, 6.45) is 3.29. The largest absolute Gasteiger partial charge is 0.382 e. The molecule has 0 fully saturated rings. The highest BCUT2D eigenvalue weighted by molar-refractivity contribution is 6.33. The van der Waals surface area contributed by atoms with Crippen molar-refractivity contribution in [3.63, 3.8) is 0 Å². The molecule has 2 nitrogen and oxygen atoms in total. The zero-order chi connectivity index (χ0) is 8.97. The van der Waals surface area contributed by atoms with Gasteiger partial charge < -0.3 is 5.32 Å². The average Bonchev–Trinajstić information content (AvgIpc) is 2.03. The Morgan fingerprint density at radius 2 is 2.42 bits per heavy atom. The highest BCUT2D eigenvalue weighted by Crippen LogP contribution is 2.18. The van der Waals surface area contributed by atoms with Crippen molar-refractivity contribution in [2.45, 2.75) is 12.3 Å².